The van der Waals surface area contributed by atoms with E-state index in [2.05, 4.69) is 30.4 Å². The Hall–Kier alpha value is -3.27. The van der Waals surface area contributed by atoms with Gasteiger partial charge in [0, 0.05) is 23.0 Å². The summed E-state index contributed by atoms with van der Waals surface area (Å²) in [6, 6.07) is 26.0. The summed E-state index contributed by atoms with van der Waals surface area (Å²) >= 11 is 0. The molecule has 0 unspecified atom stereocenters. The number of rotatable bonds is 5. The number of fused-ring (bicyclic) bond motifs is 1. The smallest absolute Gasteiger partial charge is 0.258 e. The largest absolute Gasteiger partial charge is 0.494 e. The minimum Gasteiger partial charge on any atom is -0.494 e. The number of nitrogens with one attached hydrogen (secondary N) is 1. The Bertz CT molecular complexity index is 970. The number of para-hydroxylation sites is 2. The second-order valence-electron chi connectivity index (χ2n) is 7.34. The Morgan fingerprint density at radius 2 is 1.69 bits per heavy atom. The lowest BCUT2D eigenvalue weighted by molar-refractivity contribution is 0.0974. The highest BCUT2D eigenvalue weighted by atomic mass is 16.5. The highest BCUT2D eigenvalue weighted by Gasteiger charge is 2.34. The minimum absolute atomic E-state index is 0.0196. The number of carbonyl (C=O) groups is 1. The number of carbonyl (C=O) groups excluding carboxylic acids is 1. The van der Waals surface area contributed by atoms with Gasteiger partial charge >= 0.3 is 0 Å². The van der Waals surface area contributed by atoms with E-state index < -0.39 is 0 Å². The van der Waals surface area contributed by atoms with Crippen LogP contribution < -0.4 is 15.0 Å². The number of ether oxygens (including phenoxy) is 1. The Kier molecular flexibility index (Phi) is 5.52. The number of anilines is 2. The van der Waals surface area contributed by atoms with Gasteiger partial charge in [-0.15, -0.1) is 0 Å². The molecule has 1 heterocycles. The molecule has 3 aromatic rings. The first-order valence-electron chi connectivity index (χ1n) is 10.1. The summed E-state index contributed by atoms with van der Waals surface area (Å²) in [4.78, 5) is 15.3. The van der Waals surface area contributed by atoms with Gasteiger partial charge in [0.2, 0.25) is 0 Å². The molecule has 0 spiro atoms. The summed E-state index contributed by atoms with van der Waals surface area (Å²) in [6.07, 6.45) is 0.842. The van der Waals surface area contributed by atoms with Crippen LogP contribution in [0.1, 0.15) is 42.2 Å². The molecule has 0 saturated heterocycles. The average Bonchev–Trinajstić information content (AvgIpc) is 2.75. The molecule has 0 aliphatic carbocycles. The maximum Gasteiger partial charge on any atom is 0.258 e. The summed E-state index contributed by atoms with van der Waals surface area (Å²) in [5.74, 6) is 0.800. The molecule has 4 rings (SSSR count). The lowest BCUT2D eigenvalue weighted by Crippen LogP contribution is -2.44. The van der Waals surface area contributed by atoms with E-state index >= 15 is 0 Å². The molecular weight excluding hydrogens is 360 g/mol. The summed E-state index contributed by atoms with van der Waals surface area (Å²) in [5.41, 5.74) is 3.88. The van der Waals surface area contributed by atoms with Crippen LogP contribution in [0.2, 0.25) is 0 Å². The molecule has 148 valence electrons. The first-order chi connectivity index (χ1) is 14.2. The molecule has 2 atom stereocenters. The van der Waals surface area contributed by atoms with E-state index in [1.54, 1.807) is 0 Å². The van der Waals surface area contributed by atoms with Crippen molar-refractivity contribution in [3.8, 4) is 5.75 Å². The van der Waals surface area contributed by atoms with Crippen LogP contribution in [0.4, 0.5) is 11.4 Å². The molecule has 1 N–H and O–H groups in total. The minimum atomic E-state index is 0.0196. The molecule has 0 aromatic heterocycles. The van der Waals surface area contributed by atoms with E-state index in [4.69, 9.17) is 4.74 Å². The van der Waals surface area contributed by atoms with Crippen LogP contribution in [0.15, 0.2) is 78.9 Å². The Labute approximate surface area is 172 Å². The van der Waals surface area contributed by atoms with Gasteiger partial charge in [0.15, 0.2) is 0 Å². The number of benzene rings is 3. The Morgan fingerprint density at radius 1 is 1.00 bits per heavy atom. The third-order valence-corrected chi connectivity index (χ3v) is 5.34. The van der Waals surface area contributed by atoms with Gasteiger partial charge in [-0.2, -0.15) is 0 Å². The molecule has 0 fully saturated rings. The van der Waals surface area contributed by atoms with Crippen molar-refractivity contribution in [2.24, 2.45) is 0 Å². The number of hydrogen-bond donors (Lipinski definition) is 1. The van der Waals surface area contributed by atoms with E-state index in [0.717, 1.165) is 29.1 Å². The molecule has 0 bridgehead atoms. The third kappa shape index (κ3) is 3.97. The lowest BCUT2D eigenvalue weighted by atomic mass is 9.90. The summed E-state index contributed by atoms with van der Waals surface area (Å²) in [6.45, 7) is 4.67. The zero-order valence-electron chi connectivity index (χ0n) is 16.8. The summed E-state index contributed by atoms with van der Waals surface area (Å²) in [7, 11) is 0. The molecule has 0 saturated carbocycles. The number of amides is 1. The molecule has 4 nitrogen and oxygen atoms in total. The predicted octanol–water partition coefficient (Wildman–Crippen LogP) is 5.68. The second kappa shape index (κ2) is 8.39. The van der Waals surface area contributed by atoms with Gasteiger partial charge in [0.05, 0.1) is 12.6 Å². The van der Waals surface area contributed by atoms with E-state index in [0.29, 0.717) is 12.2 Å². The Balaban J connectivity index is 1.63. The van der Waals surface area contributed by atoms with E-state index in [1.807, 2.05) is 72.5 Å². The van der Waals surface area contributed by atoms with Crippen LogP contribution in [0, 0.1) is 0 Å². The topological polar surface area (TPSA) is 41.6 Å². The van der Waals surface area contributed by atoms with Gasteiger partial charge in [0.25, 0.3) is 5.91 Å². The zero-order valence-corrected chi connectivity index (χ0v) is 16.8. The van der Waals surface area contributed by atoms with Crippen molar-refractivity contribution in [3.63, 3.8) is 0 Å². The second-order valence-corrected chi connectivity index (χ2v) is 7.34. The van der Waals surface area contributed by atoms with Crippen molar-refractivity contribution >= 4 is 17.3 Å². The average molecular weight is 386 g/mol. The highest BCUT2D eigenvalue weighted by Crippen LogP contribution is 2.39. The maximum absolute atomic E-state index is 13.4. The molecule has 4 heteroatoms. The molecule has 3 aromatic carbocycles. The van der Waals surface area contributed by atoms with Crippen molar-refractivity contribution in [2.75, 3.05) is 16.8 Å². The van der Waals surface area contributed by atoms with Crippen molar-refractivity contribution in [3.05, 3.63) is 90.0 Å². The van der Waals surface area contributed by atoms with Crippen molar-refractivity contribution < 1.29 is 9.53 Å². The van der Waals surface area contributed by atoms with E-state index in [9.17, 15) is 4.79 Å². The molecule has 1 aliphatic heterocycles. The maximum atomic E-state index is 13.4. The van der Waals surface area contributed by atoms with Gasteiger partial charge < -0.3 is 15.0 Å². The van der Waals surface area contributed by atoms with Gasteiger partial charge in [-0.1, -0.05) is 36.4 Å². The van der Waals surface area contributed by atoms with Crippen LogP contribution in [-0.2, 0) is 0 Å². The van der Waals surface area contributed by atoms with E-state index in [1.165, 1.54) is 0 Å². The molecular formula is C25H26N2O2. The number of hydrogen-bond acceptors (Lipinski definition) is 3. The van der Waals surface area contributed by atoms with Crippen LogP contribution >= 0.6 is 0 Å². The summed E-state index contributed by atoms with van der Waals surface area (Å²) < 4.78 is 5.50. The van der Waals surface area contributed by atoms with Crippen molar-refractivity contribution in [2.45, 2.75) is 32.4 Å². The van der Waals surface area contributed by atoms with Gasteiger partial charge in [-0.3, -0.25) is 4.79 Å². The predicted molar refractivity (Wildman–Crippen MR) is 118 cm³/mol. The molecule has 29 heavy (non-hydrogen) atoms. The molecule has 1 amide bonds. The zero-order chi connectivity index (χ0) is 20.2. The SMILES string of the molecule is CCOc1ccc(C(=O)N2c3ccccc3[C@@H](Nc3ccccc3)C[C@H]2C)cc1. The quantitative estimate of drug-likeness (QED) is 0.613. The normalized spacial score (nSPS) is 18.1. The fourth-order valence-corrected chi connectivity index (χ4v) is 3.99. The fraction of sp³-hybridized carbons (Fsp3) is 0.240. The van der Waals surface area contributed by atoms with Crippen molar-refractivity contribution in [1.82, 2.24) is 0 Å². The lowest BCUT2D eigenvalue weighted by Gasteiger charge is -2.40. The van der Waals surface area contributed by atoms with Crippen LogP contribution in [0.5, 0.6) is 5.75 Å². The highest BCUT2D eigenvalue weighted by molar-refractivity contribution is 6.07. The molecule has 0 radical (unpaired) electrons. The van der Waals surface area contributed by atoms with Gasteiger partial charge in [-0.05, 0) is 68.3 Å². The van der Waals surface area contributed by atoms with Crippen molar-refractivity contribution in [1.29, 1.82) is 0 Å². The van der Waals surface area contributed by atoms with E-state index in [-0.39, 0.29) is 18.0 Å². The number of nitrogens with zero attached hydrogens (tertiary/aromatic N) is 1. The summed E-state index contributed by atoms with van der Waals surface area (Å²) in [5, 5.41) is 3.63. The first-order valence-corrected chi connectivity index (χ1v) is 10.1. The van der Waals surface area contributed by atoms with Crippen LogP contribution in [-0.4, -0.2) is 18.6 Å². The fourth-order valence-electron chi connectivity index (χ4n) is 3.99. The van der Waals surface area contributed by atoms with Gasteiger partial charge in [-0.25, -0.2) is 0 Å². The first kappa shape index (κ1) is 19.1. The van der Waals surface area contributed by atoms with Gasteiger partial charge in [0.1, 0.15) is 5.75 Å². The Morgan fingerprint density at radius 3 is 2.41 bits per heavy atom. The standard InChI is InChI=1S/C25H26N2O2/c1-3-29-21-15-13-19(14-16-21)25(28)27-18(2)17-23(22-11-7-8-12-24(22)27)26-20-9-5-4-6-10-20/h4-16,18,23,26H,3,17H2,1-2H3/t18-,23+/m1/s1. The monoisotopic (exact) mass is 386 g/mol. The van der Waals surface area contributed by atoms with Crippen LogP contribution in [0.25, 0.3) is 0 Å². The molecule has 1 aliphatic rings. The van der Waals surface area contributed by atoms with Crippen LogP contribution in [0.3, 0.4) is 0 Å². The third-order valence-electron chi connectivity index (χ3n) is 5.34.